The highest BCUT2D eigenvalue weighted by molar-refractivity contribution is 5.81. The molecule has 5 aliphatic rings. The number of hydrogen-bond acceptors (Lipinski definition) is 3. The molecule has 0 aromatic rings. The van der Waals surface area contributed by atoms with Gasteiger partial charge in [0.15, 0.2) is 0 Å². The number of amidine groups is 1. The van der Waals surface area contributed by atoms with Gasteiger partial charge in [-0.15, -0.1) is 0 Å². The maximum atomic E-state index is 5.85. The lowest BCUT2D eigenvalue weighted by molar-refractivity contribution is -0.0843. The summed E-state index contributed by atoms with van der Waals surface area (Å²) in [6.45, 7) is 1.08. The Hall–Kier alpha value is -0.730. The molecule has 0 amide bonds. The van der Waals surface area contributed by atoms with E-state index in [2.05, 4.69) is 10.1 Å². The summed E-state index contributed by atoms with van der Waals surface area (Å²) in [5.74, 6) is 3.87. The number of hydrazone groups is 1. The second-order valence-electron chi connectivity index (χ2n) is 6.61. The lowest BCUT2D eigenvalue weighted by Gasteiger charge is -2.59. The minimum absolute atomic E-state index is 0.426. The van der Waals surface area contributed by atoms with Gasteiger partial charge >= 0.3 is 0 Å². The highest BCUT2D eigenvalue weighted by atomic mass is 15.5. The van der Waals surface area contributed by atoms with Crippen molar-refractivity contribution in [1.82, 2.24) is 5.01 Å². The van der Waals surface area contributed by atoms with Gasteiger partial charge in [-0.1, -0.05) is 0 Å². The van der Waals surface area contributed by atoms with Gasteiger partial charge in [-0.05, 0) is 56.3 Å². The first-order chi connectivity index (χ1) is 7.73. The number of nitrogens with two attached hydrogens (primary N) is 1. The predicted octanol–water partition coefficient (Wildman–Crippen LogP) is 1.93. The van der Waals surface area contributed by atoms with Crippen LogP contribution in [0.15, 0.2) is 5.10 Å². The van der Waals surface area contributed by atoms with Crippen LogP contribution in [0.1, 0.15) is 44.9 Å². The summed E-state index contributed by atoms with van der Waals surface area (Å²) in [5.41, 5.74) is 6.28. The van der Waals surface area contributed by atoms with Crippen molar-refractivity contribution >= 4 is 5.84 Å². The first-order valence-corrected chi connectivity index (χ1v) is 6.84. The quantitative estimate of drug-likeness (QED) is 0.732. The molecule has 0 spiro atoms. The zero-order chi connectivity index (χ0) is 10.8. The van der Waals surface area contributed by atoms with E-state index in [1.807, 2.05) is 0 Å². The summed E-state index contributed by atoms with van der Waals surface area (Å²) in [4.78, 5) is 0. The normalized spacial score (nSPS) is 49.9. The van der Waals surface area contributed by atoms with Crippen molar-refractivity contribution in [1.29, 1.82) is 0 Å². The SMILES string of the molecule is NC1=NN(C23CC4CC(CC(C4)C2)C3)CC1. The van der Waals surface area contributed by atoms with Crippen molar-refractivity contribution in [2.45, 2.75) is 50.5 Å². The second kappa shape index (κ2) is 2.93. The second-order valence-corrected chi connectivity index (χ2v) is 6.61. The molecule has 1 aliphatic heterocycles. The van der Waals surface area contributed by atoms with E-state index in [0.717, 1.165) is 36.6 Å². The maximum Gasteiger partial charge on any atom is 0.121 e. The van der Waals surface area contributed by atoms with Gasteiger partial charge in [-0.25, -0.2) is 0 Å². The fourth-order valence-corrected chi connectivity index (χ4v) is 5.20. The zero-order valence-corrected chi connectivity index (χ0v) is 9.86. The molecule has 88 valence electrons. The Morgan fingerprint density at radius 3 is 2.06 bits per heavy atom. The van der Waals surface area contributed by atoms with Crippen LogP contribution in [0.5, 0.6) is 0 Å². The Morgan fingerprint density at radius 1 is 1.06 bits per heavy atom. The third-order valence-corrected chi connectivity index (χ3v) is 5.38. The number of rotatable bonds is 1. The van der Waals surface area contributed by atoms with Crippen LogP contribution >= 0.6 is 0 Å². The number of hydrogen-bond donors (Lipinski definition) is 1. The molecule has 4 saturated carbocycles. The van der Waals surface area contributed by atoms with Crippen LogP contribution in [-0.4, -0.2) is 22.9 Å². The van der Waals surface area contributed by atoms with Gasteiger partial charge in [-0.3, -0.25) is 5.01 Å². The predicted molar refractivity (Wildman–Crippen MR) is 63.8 cm³/mol. The number of nitrogens with zero attached hydrogens (tertiary/aromatic N) is 2. The molecule has 3 nitrogen and oxygen atoms in total. The molecule has 0 atom stereocenters. The van der Waals surface area contributed by atoms with Crippen molar-refractivity contribution in [2.75, 3.05) is 6.54 Å². The van der Waals surface area contributed by atoms with E-state index >= 15 is 0 Å². The molecule has 4 bridgehead atoms. The summed E-state index contributed by atoms with van der Waals surface area (Å²) < 4.78 is 0. The van der Waals surface area contributed by atoms with Crippen LogP contribution < -0.4 is 5.73 Å². The maximum absolute atomic E-state index is 5.85. The van der Waals surface area contributed by atoms with Crippen LogP contribution in [0, 0.1) is 17.8 Å². The molecular formula is C13H21N3. The smallest absolute Gasteiger partial charge is 0.121 e. The van der Waals surface area contributed by atoms with Gasteiger partial charge in [0.1, 0.15) is 5.84 Å². The summed E-state index contributed by atoms with van der Waals surface area (Å²) in [6, 6.07) is 0. The Bertz CT molecular complexity index is 312. The van der Waals surface area contributed by atoms with Crippen LogP contribution in [0.3, 0.4) is 0 Å². The van der Waals surface area contributed by atoms with Crippen LogP contribution in [0.2, 0.25) is 0 Å². The molecule has 4 aliphatic carbocycles. The fraction of sp³-hybridized carbons (Fsp3) is 0.923. The highest BCUT2D eigenvalue weighted by Crippen LogP contribution is 2.58. The zero-order valence-electron chi connectivity index (χ0n) is 9.86. The van der Waals surface area contributed by atoms with Crippen molar-refractivity contribution in [3.63, 3.8) is 0 Å². The van der Waals surface area contributed by atoms with Gasteiger partial charge in [-0.2, -0.15) is 5.10 Å². The van der Waals surface area contributed by atoms with E-state index in [1.165, 1.54) is 38.5 Å². The van der Waals surface area contributed by atoms with Gasteiger partial charge in [0.2, 0.25) is 0 Å². The largest absolute Gasteiger partial charge is 0.386 e. The molecule has 0 aromatic carbocycles. The standard InChI is InChI=1S/C13H21N3/c14-12-1-2-16(15-12)13-6-9-3-10(7-13)5-11(4-9)8-13/h9-11H,1-8H2,(H2,14,15). The molecule has 1 heterocycles. The van der Waals surface area contributed by atoms with E-state index in [4.69, 9.17) is 5.73 Å². The fourth-order valence-electron chi connectivity index (χ4n) is 5.20. The minimum atomic E-state index is 0.426. The van der Waals surface area contributed by atoms with Crippen LogP contribution in [0.4, 0.5) is 0 Å². The van der Waals surface area contributed by atoms with E-state index in [9.17, 15) is 0 Å². The third-order valence-electron chi connectivity index (χ3n) is 5.38. The van der Waals surface area contributed by atoms with E-state index in [-0.39, 0.29) is 0 Å². The average molecular weight is 219 g/mol. The summed E-state index contributed by atoms with van der Waals surface area (Å²) in [5, 5.41) is 6.99. The molecule has 16 heavy (non-hydrogen) atoms. The Balaban J connectivity index is 1.66. The van der Waals surface area contributed by atoms with Gasteiger partial charge in [0, 0.05) is 13.0 Å². The molecule has 3 heteroatoms. The molecule has 2 N–H and O–H groups in total. The molecular weight excluding hydrogens is 198 g/mol. The van der Waals surface area contributed by atoms with Gasteiger partial charge in [0.05, 0.1) is 5.54 Å². The van der Waals surface area contributed by atoms with Gasteiger partial charge in [0.25, 0.3) is 0 Å². The van der Waals surface area contributed by atoms with E-state index < -0.39 is 0 Å². The van der Waals surface area contributed by atoms with Crippen molar-refractivity contribution in [2.24, 2.45) is 28.6 Å². The minimum Gasteiger partial charge on any atom is -0.386 e. The lowest BCUT2D eigenvalue weighted by atomic mass is 9.53. The van der Waals surface area contributed by atoms with Crippen molar-refractivity contribution in [3.8, 4) is 0 Å². The molecule has 0 radical (unpaired) electrons. The summed E-state index contributed by atoms with van der Waals surface area (Å²) in [7, 11) is 0. The molecule has 0 aromatic heterocycles. The Labute approximate surface area is 97.1 Å². The molecule has 4 fully saturated rings. The Kier molecular flexibility index (Phi) is 1.71. The first kappa shape index (κ1) is 9.32. The molecule has 5 rings (SSSR count). The first-order valence-electron chi connectivity index (χ1n) is 6.84. The lowest BCUT2D eigenvalue weighted by Crippen LogP contribution is -2.57. The van der Waals surface area contributed by atoms with Crippen molar-refractivity contribution < 1.29 is 0 Å². The topological polar surface area (TPSA) is 41.6 Å². The monoisotopic (exact) mass is 219 g/mol. The third kappa shape index (κ3) is 1.17. The summed E-state index contributed by atoms with van der Waals surface area (Å²) >= 11 is 0. The van der Waals surface area contributed by atoms with Crippen LogP contribution in [-0.2, 0) is 0 Å². The van der Waals surface area contributed by atoms with Gasteiger partial charge < -0.3 is 5.73 Å². The van der Waals surface area contributed by atoms with E-state index in [1.54, 1.807) is 0 Å². The van der Waals surface area contributed by atoms with E-state index in [0.29, 0.717) is 5.54 Å². The molecule has 0 unspecified atom stereocenters. The average Bonchev–Trinajstić information content (AvgIpc) is 2.63. The van der Waals surface area contributed by atoms with Crippen LogP contribution in [0.25, 0.3) is 0 Å². The summed E-state index contributed by atoms with van der Waals surface area (Å²) in [6.07, 6.45) is 9.70. The molecule has 0 saturated heterocycles. The Morgan fingerprint density at radius 2 is 1.62 bits per heavy atom. The highest BCUT2D eigenvalue weighted by Gasteiger charge is 2.54. The van der Waals surface area contributed by atoms with Crippen molar-refractivity contribution in [3.05, 3.63) is 0 Å².